The molecule has 0 N–H and O–H groups in total. The number of rotatable bonds is 7. The van der Waals surface area contributed by atoms with Crippen molar-refractivity contribution < 1.29 is 4.79 Å². The third-order valence-corrected chi connectivity index (χ3v) is 5.62. The second-order valence-electron chi connectivity index (χ2n) is 7.69. The molecule has 1 aromatic heterocycles. The lowest BCUT2D eigenvalue weighted by molar-refractivity contribution is 0.104. The van der Waals surface area contributed by atoms with Crippen LogP contribution in [0.4, 0.5) is 0 Å². The van der Waals surface area contributed by atoms with E-state index in [4.69, 9.17) is 0 Å². The van der Waals surface area contributed by atoms with Crippen LogP contribution in [-0.2, 0) is 6.54 Å². The zero-order valence-corrected chi connectivity index (χ0v) is 17.2. The number of hydrogen-bond donors (Lipinski definition) is 0. The molecule has 3 aromatic carbocycles. The van der Waals surface area contributed by atoms with Crippen molar-refractivity contribution >= 4 is 16.6 Å². The van der Waals surface area contributed by atoms with E-state index in [2.05, 4.69) is 60.9 Å². The van der Waals surface area contributed by atoms with Gasteiger partial charge in [0, 0.05) is 35.1 Å². The van der Waals surface area contributed by atoms with E-state index < -0.39 is 0 Å². The maximum atomic E-state index is 13.5. The van der Waals surface area contributed by atoms with Crippen LogP contribution < -0.4 is 0 Å². The Labute approximate surface area is 172 Å². The molecule has 146 valence electrons. The van der Waals surface area contributed by atoms with Gasteiger partial charge in [-0.1, -0.05) is 86.5 Å². The van der Waals surface area contributed by atoms with Gasteiger partial charge in [-0.05, 0) is 35.7 Å². The molecule has 0 spiro atoms. The second kappa shape index (κ2) is 8.48. The molecule has 1 heterocycles. The minimum atomic E-state index is 0.0888. The quantitative estimate of drug-likeness (QED) is 0.249. The van der Waals surface area contributed by atoms with Gasteiger partial charge < -0.3 is 4.57 Å². The lowest BCUT2D eigenvalue weighted by Gasteiger charge is -2.11. The van der Waals surface area contributed by atoms with Crippen molar-refractivity contribution in [1.82, 2.24) is 4.57 Å². The van der Waals surface area contributed by atoms with Crippen molar-refractivity contribution in [3.63, 3.8) is 0 Å². The van der Waals surface area contributed by atoms with Crippen molar-refractivity contribution in [3.05, 3.63) is 95.7 Å². The first-order valence-electron chi connectivity index (χ1n) is 10.5. The van der Waals surface area contributed by atoms with Crippen molar-refractivity contribution in [2.45, 2.75) is 39.7 Å². The van der Waals surface area contributed by atoms with Crippen LogP contribution in [0.15, 0.2) is 79.0 Å². The van der Waals surface area contributed by atoms with Gasteiger partial charge in [0.1, 0.15) is 0 Å². The fourth-order valence-corrected chi connectivity index (χ4v) is 4.02. The molecule has 2 heteroatoms. The number of aryl methyl sites for hydroxylation is 2. The number of benzene rings is 3. The number of aromatic nitrogens is 1. The number of nitrogens with zero attached hydrogens (tertiary/aromatic N) is 1. The zero-order valence-electron chi connectivity index (χ0n) is 17.2. The zero-order chi connectivity index (χ0) is 20.2. The molecule has 0 aliphatic heterocycles. The topological polar surface area (TPSA) is 22.0 Å². The van der Waals surface area contributed by atoms with Gasteiger partial charge in [-0.25, -0.2) is 0 Å². The molecule has 0 amide bonds. The average molecular weight is 382 g/mol. The molecule has 0 aliphatic carbocycles. The predicted octanol–water partition coefficient (Wildman–Crippen LogP) is 7.04. The summed E-state index contributed by atoms with van der Waals surface area (Å²) >= 11 is 0. The van der Waals surface area contributed by atoms with Crippen molar-refractivity contribution in [2.24, 2.45) is 0 Å². The van der Waals surface area contributed by atoms with E-state index in [1.165, 1.54) is 24.0 Å². The molecule has 0 saturated heterocycles. The first kappa shape index (κ1) is 19.2. The van der Waals surface area contributed by atoms with E-state index in [1.807, 2.05) is 36.5 Å². The Morgan fingerprint density at radius 3 is 2.48 bits per heavy atom. The highest BCUT2D eigenvalue weighted by molar-refractivity contribution is 6.16. The first-order valence-corrected chi connectivity index (χ1v) is 10.5. The average Bonchev–Trinajstić information content (AvgIpc) is 3.17. The third-order valence-electron chi connectivity index (χ3n) is 5.62. The van der Waals surface area contributed by atoms with Crippen LogP contribution in [0.3, 0.4) is 0 Å². The van der Waals surface area contributed by atoms with Crippen LogP contribution in [0.25, 0.3) is 22.0 Å². The van der Waals surface area contributed by atoms with Crippen LogP contribution >= 0.6 is 0 Å². The fourth-order valence-electron chi connectivity index (χ4n) is 4.02. The maximum absolute atomic E-state index is 13.5. The largest absolute Gasteiger partial charge is 0.347 e. The highest BCUT2D eigenvalue weighted by Gasteiger charge is 2.17. The Hall–Kier alpha value is -3.13. The van der Waals surface area contributed by atoms with Gasteiger partial charge in [-0.15, -0.1) is 0 Å². The van der Waals surface area contributed by atoms with Crippen LogP contribution in [0, 0.1) is 6.92 Å². The number of carbonyl (C=O) groups excluding carboxylic acids is 1. The van der Waals surface area contributed by atoms with Gasteiger partial charge in [-0.2, -0.15) is 0 Å². The summed E-state index contributed by atoms with van der Waals surface area (Å²) in [5.41, 5.74) is 5.08. The standard InChI is InChI=1S/C27H27NO/c1-3-4-9-17-28-19-22(18-26(28)23-14-7-5-11-20(23)2)27(29)25-16-10-13-21-12-6-8-15-24(21)25/h5-8,10-16,18-19H,3-4,9,17H2,1-2H3. The Balaban J connectivity index is 1.78. The summed E-state index contributed by atoms with van der Waals surface area (Å²) in [4.78, 5) is 13.5. The summed E-state index contributed by atoms with van der Waals surface area (Å²) < 4.78 is 2.26. The Morgan fingerprint density at radius 2 is 1.66 bits per heavy atom. The molecule has 0 aliphatic rings. The summed E-state index contributed by atoms with van der Waals surface area (Å²) in [6.07, 6.45) is 5.54. The van der Waals surface area contributed by atoms with E-state index in [-0.39, 0.29) is 5.78 Å². The van der Waals surface area contributed by atoms with E-state index >= 15 is 0 Å². The Kier molecular flexibility index (Phi) is 5.62. The number of fused-ring (bicyclic) bond motifs is 1. The van der Waals surface area contributed by atoms with Gasteiger partial charge in [0.2, 0.25) is 0 Å². The number of ketones is 1. The number of unbranched alkanes of at least 4 members (excludes halogenated alkanes) is 2. The lowest BCUT2D eigenvalue weighted by atomic mass is 9.98. The van der Waals surface area contributed by atoms with Crippen LogP contribution in [0.5, 0.6) is 0 Å². The molecule has 0 atom stereocenters. The first-order chi connectivity index (χ1) is 14.2. The third kappa shape index (κ3) is 3.88. The molecule has 0 radical (unpaired) electrons. The summed E-state index contributed by atoms with van der Waals surface area (Å²) in [6.45, 7) is 5.28. The molecule has 29 heavy (non-hydrogen) atoms. The van der Waals surface area contributed by atoms with E-state index in [9.17, 15) is 4.79 Å². The molecule has 0 unspecified atom stereocenters. The molecule has 2 nitrogen and oxygen atoms in total. The van der Waals surface area contributed by atoms with Crippen molar-refractivity contribution in [1.29, 1.82) is 0 Å². The van der Waals surface area contributed by atoms with Crippen LogP contribution in [0.2, 0.25) is 0 Å². The van der Waals surface area contributed by atoms with Gasteiger partial charge >= 0.3 is 0 Å². The fraction of sp³-hybridized carbons (Fsp3) is 0.222. The Morgan fingerprint density at radius 1 is 0.897 bits per heavy atom. The Bertz CT molecular complexity index is 1150. The van der Waals surface area contributed by atoms with Crippen LogP contribution in [-0.4, -0.2) is 10.4 Å². The van der Waals surface area contributed by atoms with E-state index in [1.54, 1.807) is 0 Å². The summed E-state index contributed by atoms with van der Waals surface area (Å²) in [6, 6.07) is 24.5. The van der Waals surface area contributed by atoms with Gasteiger partial charge in [0.25, 0.3) is 0 Å². The van der Waals surface area contributed by atoms with Gasteiger partial charge in [0.05, 0.1) is 0 Å². The molecule has 0 saturated carbocycles. The highest BCUT2D eigenvalue weighted by Crippen LogP contribution is 2.29. The molecule has 0 fully saturated rings. The maximum Gasteiger partial charge on any atom is 0.195 e. The van der Waals surface area contributed by atoms with E-state index in [0.717, 1.165) is 40.6 Å². The lowest BCUT2D eigenvalue weighted by Crippen LogP contribution is -2.02. The minimum Gasteiger partial charge on any atom is -0.347 e. The van der Waals surface area contributed by atoms with Gasteiger partial charge in [-0.3, -0.25) is 4.79 Å². The summed E-state index contributed by atoms with van der Waals surface area (Å²) in [5.74, 6) is 0.0888. The number of carbonyl (C=O) groups is 1. The number of hydrogen-bond acceptors (Lipinski definition) is 1. The molecule has 4 aromatic rings. The normalized spacial score (nSPS) is 11.1. The molecule has 0 bridgehead atoms. The molecular formula is C27H27NO. The molecule has 4 rings (SSSR count). The summed E-state index contributed by atoms with van der Waals surface area (Å²) in [7, 11) is 0. The summed E-state index contributed by atoms with van der Waals surface area (Å²) in [5, 5.41) is 2.11. The smallest absolute Gasteiger partial charge is 0.195 e. The second-order valence-corrected chi connectivity index (χ2v) is 7.69. The molecular weight excluding hydrogens is 354 g/mol. The SMILES string of the molecule is CCCCCn1cc(C(=O)c2cccc3ccccc23)cc1-c1ccccc1C. The highest BCUT2D eigenvalue weighted by atomic mass is 16.1. The van der Waals surface area contributed by atoms with Gasteiger partial charge in [0.15, 0.2) is 5.78 Å². The van der Waals surface area contributed by atoms with Crippen molar-refractivity contribution in [3.8, 4) is 11.3 Å². The monoisotopic (exact) mass is 381 g/mol. The predicted molar refractivity (Wildman–Crippen MR) is 122 cm³/mol. The van der Waals surface area contributed by atoms with Crippen molar-refractivity contribution in [2.75, 3.05) is 0 Å². The van der Waals surface area contributed by atoms with E-state index in [0.29, 0.717) is 0 Å². The minimum absolute atomic E-state index is 0.0888. The van der Waals surface area contributed by atoms with Crippen LogP contribution in [0.1, 0.15) is 47.7 Å².